The number of amides is 1. The largest absolute Gasteiger partial charge is 0.444 e. The molecule has 1 atom stereocenters. The van der Waals surface area contributed by atoms with Crippen LogP contribution in [-0.2, 0) is 4.74 Å². The van der Waals surface area contributed by atoms with Crippen LogP contribution in [0.4, 0.5) is 16.4 Å². The third kappa shape index (κ3) is 4.29. The number of hydrogen-bond donors (Lipinski definition) is 2. The summed E-state index contributed by atoms with van der Waals surface area (Å²) >= 11 is 0. The minimum Gasteiger partial charge on any atom is -0.444 e. The number of nitrogens with zero attached hydrogens (tertiary/aromatic N) is 3. The summed E-state index contributed by atoms with van der Waals surface area (Å²) in [6, 6.07) is 7.70. The van der Waals surface area contributed by atoms with E-state index in [9.17, 15) is 4.79 Å². The quantitative estimate of drug-likeness (QED) is 0.889. The summed E-state index contributed by atoms with van der Waals surface area (Å²) in [5.74, 6) is 1.50. The molecule has 2 heterocycles. The van der Waals surface area contributed by atoms with Crippen molar-refractivity contribution in [1.29, 1.82) is 0 Å². The van der Waals surface area contributed by atoms with Gasteiger partial charge >= 0.3 is 6.09 Å². The highest BCUT2D eigenvalue weighted by Crippen LogP contribution is 2.27. The minimum atomic E-state index is -0.485. The van der Waals surface area contributed by atoms with E-state index in [4.69, 9.17) is 10.5 Å². The molecule has 0 aliphatic carbocycles. The van der Waals surface area contributed by atoms with E-state index in [1.807, 2.05) is 45.0 Å². The van der Waals surface area contributed by atoms with Crippen molar-refractivity contribution in [2.24, 2.45) is 5.92 Å². The molecule has 1 saturated heterocycles. The van der Waals surface area contributed by atoms with Crippen molar-refractivity contribution in [2.45, 2.75) is 32.8 Å². The SMILES string of the molecule is CC(C)(C)OC(=O)NC[C@H]1CCN(c2nc3ccccc3nc2N)C1. The molecule has 7 heteroatoms. The summed E-state index contributed by atoms with van der Waals surface area (Å²) < 4.78 is 5.27. The average molecular weight is 343 g/mol. The van der Waals surface area contributed by atoms with Crippen molar-refractivity contribution in [2.75, 3.05) is 30.3 Å². The molecule has 1 aromatic heterocycles. The standard InChI is InChI=1S/C18H25N5O2/c1-18(2,3)25-17(24)20-10-12-8-9-23(11-12)16-15(19)21-13-6-4-5-7-14(13)22-16/h4-7,12H,8-11H2,1-3H3,(H2,19,21)(H,20,24)/t12-/m1/s1. The number of fused-ring (bicyclic) bond motifs is 1. The lowest BCUT2D eigenvalue weighted by Gasteiger charge is -2.21. The van der Waals surface area contributed by atoms with Crippen LogP contribution in [0, 0.1) is 5.92 Å². The fourth-order valence-corrected chi connectivity index (χ4v) is 2.97. The molecule has 1 fully saturated rings. The molecule has 3 N–H and O–H groups in total. The van der Waals surface area contributed by atoms with Gasteiger partial charge in [0, 0.05) is 19.6 Å². The lowest BCUT2D eigenvalue weighted by Crippen LogP contribution is -2.36. The van der Waals surface area contributed by atoms with Crippen molar-refractivity contribution in [3.05, 3.63) is 24.3 Å². The number of nitrogens with one attached hydrogen (secondary N) is 1. The van der Waals surface area contributed by atoms with Gasteiger partial charge in [-0.3, -0.25) is 0 Å². The van der Waals surface area contributed by atoms with Gasteiger partial charge in [-0.1, -0.05) is 12.1 Å². The zero-order valence-electron chi connectivity index (χ0n) is 15.0. The first-order chi connectivity index (χ1) is 11.8. The van der Waals surface area contributed by atoms with E-state index < -0.39 is 5.60 Å². The predicted octanol–water partition coefficient (Wildman–Crippen LogP) is 2.56. The van der Waals surface area contributed by atoms with Gasteiger partial charge in [-0.2, -0.15) is 0 Å². The maximum absolute atomic E-state index is 11.8. The Kier molecular flexibility index (Phi) is 4.65. The third-order valence-electron chi connectivity index (χ3n) is 4.10. The number of benzene rings is 1. The van der Waals surface area contributed by atoms with Gasteiger partial charge < -0.3 is 20.7 Å². The van der Waals surface area contributed by atoms with Gasteiger partial charge in [0.15, 0.2) is 11.6 Å². The molecule has 25 heavy (non-hydrogen) atoms. The monoisotopic (exact) mass is 343 g/mol. The van der Waals surface area contributed by atoms with Crippen molar-refractivity contribution < 1.29 is 9.53 Å². The van der Waals surface area contributed by atoms with E-state index in [0.717, 1.165) is 36.4 Å². The molecule has 0 radical (unpaired) electrons. The van der Waals surface area contributed by atoms with Crippen LogP contribution in [-0.4, -0.2) is 41.3 Å². The van der Waals surface area contributed by atoms with Crippen LogP contribution < -0.4 is 16.0 Å². The van der Waals surface area contributed by atoms with Crippen LogP contribution in [0.5, 0.6) is 0 Å². The van der Waals surface area contributed by atoms with Crippen LogP contribution in [0.15, 0.2) is 24.3 Å². The second-order valence-electron chi connectivity index (χ2n) is 7.40. The van der Waals surface area contributed by atoms with E-state index in [1.165, 1.54) is 0 Å². The Morgan fingerprint density at radius 2 is 2.00 bits per heavy atom. The molecule has 3 rings (SSSR count). The topological polar surface area (TPSA) is 93.4 Å². The summed E-state index contributed by atoms with van der Waals surface area (Å²) in [5, 5.41) is 2.84. The smallest absolute Gasteiger partial charge is 0.407 e. The van der Waals surface area contributed by atoms with Gasteiger partial charge in [0.2, 0.25) is 0 Å². The second kappa shape index (κ2) is 6.74. The molecular formula is C18H25N5O2. The zero-order valence-corrected chi connectivity index (χ0v) is 15.0. The number of rotatable bonds is 3. The number of anilines is 2. The second-order valence-corrected chi connectivity index (χ2v) is 7.40. The molecule has 0 saturated carbocycles. The lowest BCUT2D eigenvalue weighted by atomic mass is 10.1. The number of aromatic nitrogens is 2. The van der Waals surface area contributed by atoms with Crippen LogP contribution in [0.2, 0.25) is 0 Å². The molecule has 1 aromatic carbocycles. The Bertz CT molecular complexity index is 772. The van der Waals surface area contributed by atoms with E-state index in [0.29, 0.717) is 18.3 Å². The minimum absolute atomic E-state index is 0.334. The lowest BCUT2D eigenvalue weighted by molar-refractivity contribution is 0.0520. The van der Waals surface area contributed by atoms with Gasteiger partial charge in [-0.25, -0.2) is 14.8 Å². The summed E-state index contributed by atoms with van der Waals surface area (Å²) in [6.45, 7) is 7.76. The van der Waals surface area contributed by atoms with Crippen LogP contribution >= 0.6 is 0 Å². The predicted molar refractivity (Wildman–Crippen MR) is 98.5 cm³/mol. The third-order valence-corrected chi connectivity index (χ3v) is 4.10. The number of alkyl carbamates (subject to hydrolysis) is 1. The van der Waals surface area contributed by atoms with E-state index in [2.05, 4.69) is 20.2 Å². The first kappa shape index (κ1) is 17.3. The number of nitrogens with two attached hydrogens (primary N) is 1. The first-order valence-electron chi connectivity index (χ1n) is 8.56. The molecule has 1 aliphatic rings. The maximum atomic E-state index is 11.8. The number of carbonyl (C=O) groups excluding carboxylic acids is 1. The number of carbonyl (C=O) groups is 1. The highest BCUT2D eigenvalue weighted by molar-refractivity contribution is 5.79. The fraction of sp³-hybridized carbons (Fsp3) is 0.500. The first-order valence-corrected chi connectivity index (χ1v) is 8.56. The molecule has 0 bridgehead atoms. The van der Waals surface area contributed by atoms with Crippen LogP contribution in [0.1, 0.15) is 27.2 Å². The average Bonchev–Trinajstić information content (AvgIpc) is 2.99. The summed E-state index contributed by atoms with van der Waals surface area (Å²) in [6.07, 6.45) is 0.583. The molecule has 2 aromatic rings. The van der Waals surface area contributed by atoms with Gasteiger partial charge in [0.1, 0.15) is 5.60 Å². The Hall–Kier alpha value is -2.57. The Balaban J connectivity index is 1.61. The van der Waals surface area contributed by atoms with E-state index >= 15 is 0 Å². The van der Waals surface area contributed by atoms with Gasteiger partial charge in [0.05, 0.1) is 11.0 Å². The number of hydrogen-bond acceptors (Lipinski definition) is 6. The summed E-state index contributed by atoms with van der Waals surface area (Å²) in [4.78, 5) is 23.0. The fourth-order valence-electron chi connectivity index (χ4n) is 2.97. The van der Waals surface area contributed by atoms with Crippen molar-refractivity contribution in [3.8, 4) is 0 Å². The molecule has 1 aliphatic heterocycles. The van der Waals surface area contributed by atoms with Crippen LogP contribution in [0.25, 0.3) is 11.0 Å². The van der Waals surface area contributed by atoms with Crippen LogP contribution in [0.3, 0.4) is 0 Å². The number of nitrogen functional groups attached to an aromatic ring is 1. The number of ether oxygens (including phenoxy) is 1. The van der Waals surface area contributed by atoms with Gasteiger partial charge in [-0.15, -0.1) is 0 Å². The molecule has 0 spiro atoms. The van der Waals surface area contributed by atoms with Crippen molar-refractivity contribution >= 4 is 28.8 Å². The Labute approximate surface area is 147 Å². The molecule has 1 amide bonds. The van der Waals surface area contributed by atoms with E-state index in [-0.39, 0.29) is 6.09 Å². The molecule has 134 valence electrons. The normalized spacial score (nSPS) is 17.7. The Morgan fingerprint density at radius 3 is 2.68 bits per heavy atom. The van der Waals surface area contributed by atoms with Crippen molar-refractivity contribution in [3.63, 3.8) is 0 Å². The van der Waals surface area contributed by atoms with Gasteiger partial charge in [-0.05, 0) is 45.2 Å². The molecule has 7 nitrogen and oxygen atoms in total. The van der Waals surface area contributed by atoms with Crippen molar-refractivity contribution in [1.82, 2.24) is 15.3 Å². The summed E-state index contributed by atoms with van der Waals surface area (Å²) in [5.41, 5.74) is 7.25. The molecule has 0 unspecified atom stereocenters. The highest BCUT2D eigenvalue weighted by Gasteiger charge is 2.26. The maximum Gasteiger partial charge on any atom is 0.407 e. The molecular weight excluding hydrogens is 318 g/mol. The number of para-hydroxylation sites is 2. The van der Waals surface area contributed by atoms with E-state index in [1.54, 1.807) is 0 Å². The zero-order chi connectivity index (χ0) is 18.0. The summed E-state index contributed by atoms with van der Waals surface area (Å²) in [7, 11) is 0. The highest BCUT2D eigenvalue weighted by atomic mass is 16.6. The van der Waals surface area contributed by atoms with Gasteiger partial charge in [0.25, 0.3) is 0 Å². The Morgan fingerprint density at radius 1 is 1.32 bits per heavy atom.